The smallest absolute Gasteiger partial charge is 0.234 e. The van der Waals surface area contributed by atoms with Crippen molar-refractivity contribution in [1.82, 2.24) is 51.5 Å². The lowest BCUT2D eigenvalue weighted by Crippen LogP contribution is -2.48. The number of piperidine rings is 1. The molecule has 0 aromatic carbocycles. The van der Waals surface area contributed by atoms with Crippen LogP contribution in [0.5, 0.6) is 0 Å². The van der Waals surface area contributed by atoms with Crippen molar-refractivity contribution in [3.8, 4) is 0 Å². The molecule has 850 valence electrons. The van der Waals surface area contributed by atoms with E-state index in [1.165, 1.54) is 494 Å². The molecule has 8 N–H and O–H groups in total. The first kappa shape index (κ1) is 140. The van der Waals surface area contributed by atoms with Gasteiger partial charge in [-0.3, -0.25) is 33.8 Å². The highest BCUT2D eigenvalue weighted by Gasteiger charge is 2.24. The van der Waals surface area contributed by atoms with Crippen molar-refractivity contribution in [2.45, 2.75) is 651 Å². The minimum Gasteiger partial charge on any atom is -0.390 e. The van der Waals surface area contributed by atoms with Gasteiger partial charge in [0.2, 0.25) is 29.5 Å². The van der Waals surface area contributed by atoms with Crippen molar-refractivity contribution in [2.24, 2.45) is 5.92 Å². The van der Waals surface area contributed by atoms with E-state index in [4.69, 9.17) is 0 Å². The lowest BCUT2D eigenvalue weighted by Gasteiger charge is -2.31. The average Bonchev–Trinajstić information content (AvgIpc) is 0.906. The highest BCUT2D eigenvalue weighted by Crippen LogP contribution is 2.25. The zero-order valence-corrected chi connectivity index (χ0v) is 97.4. The van der Waals surface area contributed by atoms with Gasteiger partial charge in [-0.05, 0) is 122 Å². The summed E-state index contributed by atoms with van der Waals surface area (Å²) in [5.41, 5.74) is 0. The predicted molar refractivity (Wildman–Crippen MR) is 624 cm³/mol. The van der Waals surface area contributed by atoms with Crippen molar-refractivity contribution in [2.75, 3.05) is 124 Å². The van der Waals surface area contributed by atoms with Gasteiger partial charge in [0, 0.05) is 65.3 Å². The molecule has 17 heteroatoms. The molecule has 1 aliphatic heterocycles. The topological polar surface area (TPSA) is 211 Å². The zero-order chi connectivity index (χ0) is 104. The second-order valence-corrected chi connectivity index (χ2v) is 45.4. The Hall–Kier alpha value is -2.93. The number of amides is 5. The number of aliphatic hydroxyl groups excluding tert-OH is 2. The molecule has 143 heavy (non-hydrogen) atoms. The van der Waals surface area contributed by atoms with Gasteiger partial charge in [-0.25, -0.2) is 0 Å². The number of hydrogen-bond donors (Lipinski definition) is 8. The summed E-state index contributed by atoms with van der Waals surface area (Å²) in [7, 11) is 0. The van der Waals surface area contributed by atoms with Gasteiger partial charge < -0.3 is 51.9 Å². The molecular weight excluding hydrogens is 1770 g/mol. The number of aliphatic hydroxyl groups is 2. The molecule has 0 bridgehead atoms. The molecule has 2 unspecified atom stereocenters. The standard InChI is InChI=1S/C86H175N7O5.C40H79N3O2/c1-6-11-16-21-26-31-36-41-46-51-56-61-68-88-84(96)76-87-75-82(94)77-91(71-64-59-54-49-44-39-34-29-24-19-14-9-4)73-66-67-74-92(72-65-60-55-50-45-40-35-30-25-20-15-10-5)78-83(95)79-93(80-85(97)89-69-62-57-52-47-42-37-32-27-22-17-12-7-2)81-86(98)90-70-63-58-53-48-43-38-33-28-23-18-13-8-3;1-3-5-7-9-11-13-15-17-19-21-23-27-33-41-39(44)30-26-25-29-38-31-35-43(36-32-38)37-40(45)42-34-28-24-22-20-18-16-14-12-10-8-6-4-2/h82-83,87,94-95H,6-81H2,1-5H3,(H,88,96)(H,89,97)(H,90,98);38H,3-37H2,1-2H3,(H,41,44)(H,42,45). The van der Waals surface area contributed by atoms with E-state index in [0.717, 1.165) is 155 Å². The van der Waals surface area contributed by atoms with Crippen molar-refractivity contribution in [3.05, 3.63) is 0 Å². The normalized spacial score (nSPS) is 13.0. The second kappa shape index (κ2) is 118. The number of nitrogens with zero attached hydrogens (tertiary/aromatic N) is 4. The van der Waals surface area contributed by atoms with Crippen molar-refractivity contribution in [3.63, 3.8) is 0 Å². The first-order chi connectivity index (χ1) is 70.3. The quantitative estimate of drug-likeness (QED) is 0.0267. The molecule has 17 nitrogen and oxygen atoms in total. The lowest BCUT2D eigenvalue weighted by atomic mass is 9.91. The van der Waals surface area contributed by atoms with Gasteiger partial charge in [0.05, 0.1) is 38.4 Å². The SMILES string of the molecule is CCCCCCCCCCCCCCNC(=O)CCCCC1CCN(CC(=O)NCCCCCCCCCCCCCC)CC1.CCCCCCCCCCCCCCNC(=O)CNCC(O)CN(CCCCCCCCCCCCCC)CCCCN(CCCCCCCCCCCCCC)CC(O)CN(CC(=O)NCCCCCCCCCCCCCC)CC(=O)NCCCCCCCCCCCCCC. The number of nitrogens with one attached hydrogen (secondary N) is 6. The fourth-order valence-electron chi connectivity index (χ4n) is 21.2. The summed E-state index contributed by atoms with van der Waals surface area (Å²) in [5.74, 6) is 1.07. The number of unbranched alkanes of at least 4 members (excludes halogenated alkanes) is 79. The summed E-state index contributed by atoms with van der Waals surface area (Å²) in [5, 5.41) is 42.4. The maximum atomic E-state index is 13.6. The van der Waals surface area contributed by atoms with E-state index in [1.807, 2.05) is 4.90 Å². The van der Waals surface area contributed by atoms with E-state index < -0.39 is 12.2 Å². The molecule has 0 aromatic rings. The molecule has 1 fully saturated rings. The van der Waals surface area contributed by atoms with Crippen LogP contribution in [0.15, 0.2) is 0 Å². The molecule has 1 saturated heterocycles. The summed E-state index contributed by atoms with van der Waals surface area (Å²) in [4.78, 5) is 73.8. The van der Waals surface area contributed by atoms with Gasteiger partial charge in [-0.1, -0.05) is 556 Å². The van der Waals surface area contributed by atoms with Crippen LogP contribution < -0.4 is 31.9 Å². The summed E-state index contributed by atoms with van der Waals surface area (Å²) in [6, 6.07) is 0. The fourth-order valence-corrected chi connectivity index (χ4v) is 21.2. The monoisotopic (exact) mass is 2020 g/mol. The Morgan fingerprint density at radius 2 is 0.448 bits per heavy atom. The Morgan fingerprint density at radius 1 is 0.238 bits per heavy atom. The van der Waals surface area contributed by atoms with Crippen LogP contribution in [0.4, 0.5) is 0 Å². The van der Waals surface area contributed by atoms with E-state index in [2.05, 4.69) is 95.1 Å². The molecule has 1 heterocycles. The molecular formula is C126H254N10O7. The first-order valence-corrected chi connectivity index (χ1v) is 64.6. The zero-order valence-electron chi connectivity index (χ0n) is 97.4. The minimum absolute atomic E-state index is 0.0101. The molecule has 2 atom stereocenters. The Labute approximate surface area is 891 Å². The van der Waals surface area contributed by atoms with Gasteiger partial charge in [-0.15, -0.1) is 0 Å². The number of hydrogen-bond acceptors (Lipinski definition) is 12. The van der Waals surface area contributed by atoms with Crippen molar-refractivity contribution >= 4 is 29.5 Å². The maximum Gasteiger partial charge on any atom is 0.234 e. The van der Waals surface area contributed by atoms with Crippen LogP contribution in [0.2, 0.25) is 0 Å². The van der Waals surface area contributed by atoms with Crippen molar-refractivity contribution < 1.29 is 34.2 Å². The molecule has 1 aliphatic rings. The molecule has 1 rings (SSSR count). The lowest BCUT2D eigenvalue weighted by molar-refractivity contribution is -0.126. The first-order valence-electron chi connectivity index (χ1n) is 64.6. The number of carbonyl (C=O) groups excluding carboxylic acids is 5. The molecule has 0 radical (unpaired) electrons. The fraction of sp³-hybridized carbons (Fsp3) is 0.960. The van der Waals surface area contributed by atoms with E-state index >= 15 is 0 Å². The third-order valence-corrected chi connectivity index (χ3v) is 30.8. The summed E-state index contributed by atoms with van der Waals surface area (Å²) in [6.07, 6.45) is 117. The van der Waals surface area contributed by atoms with E-state index in [1.54, 1.807) is 0 Å². The highest BCUT2D eigenvalue weighted by molar-refractivity contribution is 5.81. The summed E-state index contributed by atoms with van der Waals surface area (Å²) in [6.45, 7) is 28.2. The molecule has 5 amide bonds. The van der Waals surface area contributed by atoms with Crippen LogP contribution in [0.1, 0.15) is 639 Å². The number of likely N-dealkylation sites (tertiary alicyclic amines) is 1. The van der Waals surface area contributed by atoms with E-state index in [0.29, 0.717) is 45.7 Å². The van der Waals surface area contributed by atoms with E-state index in [-0.39, 0.29) is 55.7 Å². The minimum atomic E-state index is -0.706. The predicted octanol–water partition coefficient (Wildman–Crippen LogP) is 32.7. The molecule has 0 aliphatic carbocycles. The largest absolute Gasteiger partial charge is 0.390 e. The van der Waals surface area contributed by atoms with Crippen LogP contribution in [0, 0.1) is 5.92 Å². The average molecular weight is 2020 g/mol. The highest BCUT2D eigenvalue weighted by atomic mass is 16.3. The van der Waals surface area contributed by atoms with Gasteiger partial charge in [0.15, 0.2) is 0 Å². The second-order valence-electron chi connectivity index (χ2n) is 45.4. The molecule has 0 spiro atoms. The maximum absolute atomic E-state index is 13.6. The Bertz CT molecular complexity index is 2500. The summed E-state index contributed by atoms with van der Waals surface area (Å²) < 4.78 is 0. The van der Waals surface area contributed by atoms with Crippen LogP contribution >= 0.6 is 0 Å². The third-order valence-electron chi connectivity index (χ3n) is 30.8. The van der Waals surface area contributed by atoms with Gasteiger partial charge in [0.25, 0.3) is 0 Å². The molecule has 0 saturated carbocycles. The van der Waals surface area contributed by atoms with Crippen LogP contribution in [-0.2, 0) is 24.0 Å². The summed E-state index contributed by atoms with van der Waals surface area (Å²) >= 11 is 0. The van der Waals surface area contributed by atoms with E-state index in [9.17, 15) is 34.2 Å². The van der Waals surface area contributed by atoms with Crippen LogP contribution in [0.3, 0.4) is 0 Å². The van der Waals surface area contributed by atoms with Gasteiger partial charge >= 0.3 is 0 Å². The third kappa shape index (κ3) is 110. The Kier molecular flexibility index (Phi) is 115. The van der Waals surface area contributed by atoms with Gasteiger partial charge in [0.1, 0.15) is 0 Å². The Morgan fingerprint density at radius 3 is 0.713 bits per heavy atom. The number of carbonyl (C=O) groups is 5. The van der Waals surface area contributed by atoms with Crippen molar-refractivity contribution in [1.29, 1.82) is 0 Å². The van der Waals surface area contributed by atoms with Crippen LogP contribution in [-0.4, -0.2) is 196 Å². The van der Waals surface area contributed by atoms with Gasteiger partial charge in [-0.2, -0.15) is 0 Å². The molecule has 0 aromatic heterocycles. The van der Waals surface area contributed by atoms with Crippen LogP contribution in [0.25, 0.3) is 0 Å². The Balaban J connectivity index is 0.00000371. The number of rotatable bonds is 117.